The van der Waals surface area contributed by atoms with Gasteiger partial charge in [0, 0.05) is 0 Å². The van der Waals surface area contributed by atoms with Gasteiger partial charge in [-0.25, -0.2) is 8.42 Å². The van der Waals surface area contributed by atoms with E-state index < -0.39 is 9.84 Å². The molecule has 0 aliphatic heterocycles. The molecule has 4 heteroatoms. The summed E-state index contributed by atoms with van der Waals surface area (Å²) in [5.74, 6) is 0.0268. The van der Waals surface area contributed by atoms with Crippen LogP contribution in [0.25, 0.3) is 0 Å². The van der Waals surface area contributed by atoms with E-state index in [1.807, 2.05) is 32.0 Å². The third-order valence-electron chi connectivity index (χ3n) is 1.83. The summed E-state index contributed by atoms with van der Waals surface area (Å²) in [6.45, 7) is 3.90. The van der Waals surface area contributed by atoms with Crippen molar-refractivity contribution >= 4 is 21.4 Å². The van der Waals surface area contributed by atoms with Gasteiger partial charge in [0.2, 0.25) is 0 Å². The van der Waals surface area contributed by atoms with Crippen LogP contribution < -0.4 is 0 Å². The number of benzene rings is 1. The summed E-state index contributed by atoms with van der Waals surface area (Å²) >= 11 is 5.33. The summed E-state index contributed by atoms with van der Waals surface area (Å²) in [6.07, 6.45) is 0. The van der Waals surface area contributed by atoms with E-state index in [9.17, 15) is 8.42 Å². The fraction of sp³-hybridized carbons (Fsp3) is 0.400. The van der Waals surface area contributed by atoms with Crippen LogP contribution in [0.5, 0.6) is 0 Å². The summed E-state index contributed by atoms with van der Waals surface area (Å²) in [6, 6.07) is 5.75. The lowest BCUT2D eigenvalue weighted by atomic mass is 10.1. The van der Waals surface area contributed by atoms with Crippen molar-refractivity contribution in [1.82, 2.24) is 0 Å². The lowest BCUT2D eigenvalue weighted by Crippen LogP contribution is -2.05. The molecular weight excluding hydrogens is 220 g/mol. The van der Waals surface area contributed by atoms with Gasteiger partial charge >= 0.3 is 0 Å². The minimum Gasteiger partial charge on any atom is -0.227 e. The SMILES string of the molecule is Cc1cc(C)cc(CS(=O)(=O)CCl)c1. The predicted octanol–water partition coefficient (Wildman–Crippen LogP) is 2.41. The Labute approximate surface area is 89.8 Å². The molecule has 0 saturated heterocycles. The molecule has 0 radical (unpaired) electrons. The molecule has 2 nitrogen and oxygen atoms in total. The zero-order valence-electron chi connectivity index (χ0n) is 8.25. The number of rotatable bonds is 3. The number of halogens is 1. The van der Waals surface area contributed by atoms with E-state index in [1.165, 1.54) is 0 Å². The molecule has 14 heavy (non-hydrogen) atoms. The Morgan fingerprint density at radius 1 is 1.14 bits per heavy atom. The van der Waals surface area contributed by atoms with Crippen molar-refractivity contribution in [3.05, 3.63) is 34.9 Å². The maximum Gasteiger partial charge on any atom is 0.168 e. The molecule has 1 rings (SSSR count). The quantitative estimate of drug-likeness (QED) is 0.751. The van der Waals surface area contributed by atoms with Crippen molar-refractivity contribution in [3.63, 3.8) is 0 Å². The van der Waals surface area contributed by atoms with Gasteiger partial charge in [0.15, 0.2) is 9.84 Å². The summed E-state index contributed by atoms with van der Waals surface area (Å²) in [7, 11) is -3.14. The maximum absolute atomic E-state index is 11.3. The van der Waals surface area contributed by atoms with Gasteiger partial charge in [-0.05, 0) is 19.4 Å². The van der Waals surface area contributed by atoms with E-state index in [0.29, 0.717) is 0 Å². The molecule has 1 aromatic carbocycles. The first-order chi connectivity index (χ1) is 6.43. The van der Waals surface area contributed by atoms with E-state index >= 15 is 0 Å². The highest BCUT2D eigenvalue weighted by Crippen LogP contribution is 2.12. The van der Waals surface area contributed by atoms with E-state index in [4.69, 9.17) is 11.6 Å². The van der Waals surface area contributed by atoms with Crippen LogP contribution in [0.3, 0.4) is 0 Å². The number of hydrogen-bond donors (Lipinski definition) is 0. The first-order valence-corrected chi connectivity index (χ1v) is 6.62. The van der Waals surface area contributed by atoms with Crippen LogP contribution in [0.2, 0.25) is 0 Å². The molecule has 0 heterocycles. The van der Waals surface area contributed by atoms with Gasteiger partial charge in [0.1, 0.15) is 5.21 Å². The van der Waals surface area contributed by atoms with Crippen molar-refractivity contribution in [2.24, 2.45) is 0 Å². The van der Waals surface area contributed by atoms with E-state index in [0.717, 1.165) is 16.7 Å². The second-order valence-corrected chi connectivity index (χ2v) is 6.14. The van der Waals surface area contributed by atoms with Crippen LogP contribution in [0.1, 0.15) is 16.7 Å². The minimum atomic E-state index is -3.14. The summed E-state index contributed by atoms with van der Waals surface area (Å²) in [5.41, 5.74) is 2.96. The highest BCUT2D eigenvalue weighted by atomic mass is 35.5. The van der Waals surface area contributed by atoms with Crippen LogP contribution >= 0.6 is 11.6 Å². The standard InChI is InChI=1S/C10H13ClO2S/c1-8-3-9(2)5-10(4-8)6-14(12,13)7-11/h3-5H,6-7H2,1-2H3. The lowest BCUT2D eigenvalue weighted by molar-refractivity contribution is 0.599. The number of alkyl halides is 1. The van der Waals surface area contributed by atoms with Crippen LogP contribution in [0, 0.1) is 13.8 Å². The van der Waals surface area contributed by atoms with Gasteiger partial charge in [0.25, 0.3) is 0 Å². The highest BCUT2D eigenvalue weighted by molar-refractivity contribution is 7.91. The van der Waals surface area contributed by atoms with Crippen molar-refractivity contribution < 1.29 is 8.42 Å². The molecule has 78 valence electrons. The van der Waals surface area contributed by atoms with Gasteiger partial charge in [0.05, 0.1) is 5.75 Å². The largest absolute Gasteiger partial charge is 0.227 e. The third-order valence-corrected chi connectivity index (χ3v) is 3.94. The van der Waals surface area contributed by atoms with E-state index in [-0.39, 0.29) is 11.0 Å². The molecule has 0 fully saturated rings. The first kappa shape index (κ1) is 11.5. The lowest BCUT2D eigenvalue weighted by Gasteiger charge is -2.04. The van der Waals surface area contributed by atoms with Gasteiger partial charge in [-0.2, -0.15) is 0 Å². The first-order valence-electron chi connectivity index (χ1n) is 4.26. The monoisotopic (exact) mass is 232 g/mol. The Hall–Kier alpha value is -0.540. The topological polar surface area (TPSA) is 34.1 Å². The summed E-state index contributed by atoms with van der Waals surface area (Å²) < 4.78 is 22.5. The van der Waals surface area contributed by atoms with Crippen LogP contribution in [-0.4, -0.2) is 13.6 Å². The van der Waals surface area contributed by atoms with Crippen LogP contribution in [-0.2, 0) is 15.6 Å². The van der Waals surface area contributed by atoms with Crippen molar-refractivity contribution in [1.29, 1.82) is 0 Å². The van der Waals surface area contributed by atoms with Crippen LogP contribution in [0.4, 0.5) is 0 Å². The second-order valence-electron chi connectivity index (χ2n) is 3.49. The Morgan fingerprint density at radius 2 is 1.64 bits per heavy atom. The zero-order valence-corrected chi connectivity index (χ0v) is 9.82. The highest BCUT2D eigenvalue weighted by Gasteiger charge is 2.10. The molecule has 0 N–H and O–H groups in total. The van der Waals surface area contributed by atoms with E-state index in [2.05, 4.69) is 0 Å². The van der Waals surface area contributed by atoms with Gasteiger partial charge in [-0.1, -0.05) is 29.3 Å². The van der Waals surface area contributed by atoms with Gasteiger partial charge in [-0.3, -0.25) is 0 Å². The average Bonchev–Trinajstić information content (AvgIpc) is 2.01. The minimum absolute atomic E-state index is 0.0268. The fourth-order valence-corrected chi connectivity index (χ4v) is 2.43. The molecule has 0 bridgehead atoms. The van der Waals surface area contributed by atoms with Gasteiger partial charge < -0.3 is 0 Å². The summed E-state index contributed by atoms with van der Waals surface area (Å²) in [4.78, 5) is 0. The number of hydrogen-bond acceptors (Lipinski definition) is 2. The Bertz CT molecular complexity index is 403. The molecular formula is C10H13ClO2S. The molecule has 1 aromatic rings. The van der Waals surface area contributed by atoms with Crippen molar-refractivity contribution in [3.8, 4) is 0 Å². The van der Waals surface area contributed by atoms with Gasteiger partial charge in [-0.15, -0.1) is 11.6 Å². The molecule has 0 aliphatic rings. The Balaban J connectivity index is 2.98. The van der Waals surface area contributed by atoms with Crippen molar-refractivity contribution in [2.75, 3.05) is 5.21 Å². The molecule has 0 spiro atoms. The summed E-state index contributed by atoms with van der Waals surface area (Å²) in [5, 5.41) is -0.319. The average molecular weight is 233 g/mol. The molecule has 0 aromatic heterocycles. The molecule has 0 atom stereocenters. The Morgan fingerprint density at radius 3 is 2.07 bits per heavy atom. The Kier molecular flexibility index (Phi) is 3.56. The fourth-order valence-electron chi connectivity index (χ4n) is 1.44. The smallest absolute Gasteiger partial charge is 0.168 e. The predicted molar refractivity (Wildman–Crippen MR) is 59.3 cm³/mol. The molecule has 0 amide bonds. The normalized spacial score (nSPS) is 11.6. The zero-order chi connectivity index (χ0) is 10.8. The molecule has 0 aliphatic carbocycles. The number of aryl methyl sites for hydroxylation is 2. The molecule has 0 unspecified atom stereocenters. The number of sulfone groups is 1. The third kappa shape index (κ3) is 3.31. The maximum atomic E-state index is 11.3. The second kappa shape index (κ2) is 4.32. The molecule has 0 saturated carbocycles. The van der Waals surface area contributed by atoms with Crippen molar-refractivity contribution in [2.45, 2.75) is 19.6 Å². The van der Waals surface area contributed by atoms with Crippen LogP contribution in [0.15, 0.2) is 18.2 Å². The van der Waals surface area contributed by atoms with E-state index in [1.54, 1.807) is 0 Å².